The second-order valence-electron chi connectivity index (χ2n) is 10.3. The Morgan fingerprint density at radius 3 is 2.14 bits per heavy atom. The third-order valence-electron chi connectivity index (χ3n) is 7.15. The van der Waals surface area contributed by atoms with E-state index in [4.69, 9.17) is 39.3 Å². The van der Waals surface area contributed by atoms with E-state index >= 15 is 0 Å². The summed E-state index contributed by atoms with van der Waals surface area (Å²) in [5.41, 5.74) is 0. The number of nitrogens with one attached hydrogen (secondary N) is 1. The summed E-state index contributed by atoms with van der Waals surface area (Å²) in [6.45, 7) is 13.6. The Hall–Kier alpha value is -1.12. The molecule has 0 radical (unpaired) electrons. The van der Waals surface area contributed by atoms with Gasteiger partial charge in [0.15, 0.2) is 0 Å². The Bertz CT molecular complexity index is 853. The molecule has 1 aromatic rings. The smallest absolute Gasteiger partial charge is 0.500 e. The fraction of sp³-hybridized carbons (Fsp3) is 0.857. The Morgan fingerprint density at radius 2 is 1.52 bits per heavy atom. The van der Waals surface area contributed by atoms with Gasteiger partial charge in [-0.15, -0.1) is 9.97 Å². The van der Waals surface area contributed by atoms with Crippen LogP contribution in [-0.4, -0.2) is 95.5 Å². The van der Waals surface area contributed by atoms with Gasteiger partial charge in [-0.1, -0.05) is 45.4 Å². The maximum atomic E-state index is 12.4. The van der Waals surface area contributed by atoms with Crippen LogP contribution in [0.3, 0.4) is 0 Å². The average molecular weight is 655 g/mol. The summed E-state index contributed by atoms with van der Waals surface area (Å²) in [4.78, 5) is 25.9. The third-order valence-corrected chi connectivity index (χ3v) is 10.5. The molecule has 1 fully saturated rings. The highest BCUT2D eigenvalue weighted by Gasteiger charge is 2.40. The first-order chi connectivity index (χ1) is 19.9. The van der Waals surface area contributed by atoms with Crippen LogP contribution < -0.4 is 22.2 Å². The molecule has 0 atom stereocenters. The predicted octanol–water partition coefficient (Wildman–Crippen LogP) is 2.40. The number of morpholine rings is 1. The molecule has 0 aliphatic carbocycles. The van der Waals surface area contributed by atoms with E-state index in [1.54, 1.807) is 0 Å². The van der Waals surface area contributed by atoms with Crippen LogP contribution in [0, 0.1) is 0 Å². The van der Waals surface area contributed by atoms with Crippen molar-refractivity contribution in [3.05, 3.63) is 5.28 Å². The third kappa shape index (κ3) is 14.1. The molecule has 0 saturated carbocycles. The first-order valence-corrected chi connectivity index (χ1v) is 17.9. The normalized spacial score (nSPS) is 14.8. The number of quaternary nitrogens is 1. The van der Waals surface area contributed by atoms with E-state index in [1.165, 1.54) is 32.1 Å². The molecule has 2 rings (SSSR count). The lowest BCUT2D eigenvalue weighted by atomic mass is 10.1. The van der Waals surface area contributed by atoms with Gasteiger partial charge in [0.05, 0.1) is 13.2 Å². The zero-order chi connectivity index (χ0) is 29.8. The van der Waals surface area contributed by atoms with Crippen LogP contribution in [0.4, 0.5) is 11.9 Å². The average Bonchev–Trinajstić information content (AvgIpc) is 2.95. The molecule has 244 valence electrons. The van der Waals surface area contributed by atoms with Gasteiger partial charge in [-0.3, -0.25) is 9.28 Å². The monoisotopic (exact) mass is 653 g/mol. The van der Waals surface area contributed by atoms with Crippen molar-refractivity contribution in [1.82, 2.24) is 19.4 Å². The summed E-state index contributed by atoms with van der Waals surface area (Å²) in [5.74, 6) is 0.823. The molecule has 11 nitrogen and oxygen atoms in total. The van der Waals surface area contributed by atoms with Crippen molar-refractivity contribution in [1.29, 1.82) is 0 Å². The van der Waals surface area contributed by atoms with Crippen LogP contribution in [0.25, 0.3) is 0 Å². The number of anilines is 1. The van der Waals surface area contributed by atoms with E-state index < -0.39 is 8.80 Å². The predicted molar refractivity (Wildman–Crippen MR) is 164 cm³/mol. The Labute approximate surface area is 265 Å². The molecular formula is C28H53Cl2N5O6Si. The van der Waals surface area contributed by atoms with E-state index in [0.29, 0.717) is 94.7 Å². The first-order valence-electron chi connectivity index (χ1n) is 15.6. The molecular weight excluding hydrogens is 601 g/mol. The highest BCUT2D eigenvalue weighted by atomic mass is 35.5. The van der Waals surface area contributed by atoms with Gasteiger partial charge in [0.25, 0.3) is 0 Å². The highest BCUT2D eigenvalue weighted by Crippen LogP contribution is 2.24. The number of esters is 1. The second-order valence-corrected chi connectivity index (χ2v) is 13.3. The summed E-state index contributed by atoms with van der Waals surface area (Å²) >= 11 is 6.35. The van der Waals surface area contributed by atoms with E-state index in [2.05, 4.69) is 22.2 Å². The van der Waals surface area contributed by atoms with Crippen molar-refractivity contribution in [2.45, 2.75) is 91.5 Å². The number of rotatable bonds is 23. The Balaban J connectivity index is 0.00000882. The number of hydrogen-bond donors (Lipinski definition) is 1. The summed E-state index contributed by atoms with van der Waals surface area (Å²) in [5, 5.41) is 3.41. The van der Waals surface area contributed by atoms with Gasteiger partial charge in [-0.2, -0.15) is 4.98 Å². The van der Waals surface area contributed by atoms with Crippen molar-refractivity contribution >= 4 is 38.3 Å². The fourth-order valence-corrected chi connectivity index (χ4v) is 7.75. The molecule has 1 aliphatic heterocycles. The van der Waals surface area contributed by atoms with Crippen LogP contribution in [0.2, 0.25) is 11.3 Å². The zero-order valence-electron chi connectivity index (χ0n) is 26.1. The lowest BCUT2D eigenvalue weighted by Crippen LogP contribution is -3.00. The number of ether oxygens (including phenoxy) is 2. The van der Waals surface area contributed by atoms with E-state index in [0.717, 1.165) is 19.3 Å². The van der Waals surface area contributed by atoms with E-state index in [9.17, 15) is 4.79 Å². The zero-order valence-corrected chi connectivity index (χ0v) is 28.6. The van der Waals surface area contributed by atoms with Crippen molar-refractivity contribution in [3.63, 3.8) is 0 Å². The molecule has 0 aromatic carbocycles. The molecule has 1 N–H and O–H groups in total. The summed E-state index contributed by atoms with van der Waals surface area (Å²) < 4.78 is 29.5. The SMILES string of the molecule is CCCCCCCCCC(=O)OCC[N+]1(c2nc(Cl)nc(NCCC[Si](OCC)(OCC)OCC)n2)CCOCC1.[Cl-]. The van der Waals surface area contributed by atoms with E-state index in [1.807, 2.05) is 20.8 Å². The van der Waals surface area contributed by atoms with Crippen molar-refractivity contribution in [2.75, 3.05) is 71.1 Å². The Kier molecular flexibility index (Phi) is 20.7. The van der Waals surface area contributed by atoms with Gasteiger partial charge >= 0.3 is 20.7 Å². The van der Waals surface area contributed by atoms with Crippen LogP contribution in [-0.2, 0) is 27.5 Å². The van der Waals surface area contributed by atoms with Gasteiger partial charge in [0.1, 0.15) is 26.2 Å². The van der Waals surface area contributed by atoms with Gasteiger partial charge in [-0.25, -0.2) is 0 Å². The number of unbranched alkanes of at least 4 members (excludes halogenated alkanes) is 6. The van der Waals surface area contributed by atoms with Crippen molar-refractivity contribution in [2.24, 2.45) is 0 Å². The quantitative estimate of drug-likeness (QED) is 0.0817. The molecule has 1 aliphatic rings. The lowest BCUT2D eigenvalue weighted by molar-refractivity contribution is -0.144. The van der Waals surface area contributed by atoms with E-state index in [-0.39, 0.29) is 23.7 Å². The van der Waals surface area contributed by atoms with Crippen LogP contribution >= 0.6 is 11.6 Å². The maximum absolute atomic E-state index is 12.4. The molecule has 1 aromatic heterocycles. The number of aromatic nitrogens is 3. The van der Waals surface area contributed by atoms with Gasteiger partial charge < -0.3 is 40.5 Å². The molecule has 0 amide bonds. The molecule has 0 bridgehead atoms. The molecule has 2 heterocycles. The Morgan fingerprint density at radius 1 is 0.905 bits per heavy atom. The highest BCUT2D eigenvalue weighted by molar-refractivity contribution is 6.60. The fourth-order valence-electron chi connectivity index (χ4n) is 4.99. The minimum Gasteiger partial charge on any atom is -1.00 e. The molecule has 0 spiro atoms. The van der Waals surface area contributed by atoms with Crippen LogP contribution in [0.5, 0.6) is 0 Å². The molecule has 42 heavy (non-hydrogen) atoms. The van der Waals surface area contributed by atoms with Crippen molar-refractivity contribution < 1.29 is 40.0 Å². The number of carbonyl (C=O) groups excluding carboxylic acids is 1. The summed E-state index contributed by atoms with van der Waals surface area (Å²) in [7, 11) is -2.71. The number of halogens is 2. The summed E-state index contributed by atoms with van der Waals surface area (Å²) in [6, 6.07) is 0.683. The minimum absolute atomic E-state index is 0. The topological polar surface area (TPSA) is 114 Å². The molecule has 1 saturated heterocycles. The standard InChI is InChI=1S/C28H53ClN5O6Si.ClH/c1-5-9-10-11-12-13-14-16-25(35)37-23-20-34(18-21-36-22-19-34)28-32-26(29)31-27(33-28)30-17-15-24-41(38-6-2,39-7-3)40-8-4;/h5-24H2,1-4H3,(H,30,31,32,33);1H/q+1;/p-1. The number of carbonyl (C=O) groups is 1. The first kappa shape index (κ1) is 38.9. The minimum atomic E-state index is -2.71. The molecule has 14 heteroatoms. The van der Waals surface area contributed by atoms with Crippen LogP contribution in [0.15, 0.2) is 0 Å². The maximum Gasteiger partial charge on any atom is 0.500 e. The second kappa shape index (κ2) is 22.4. The summed E-state index contributed by atoms with van der Waals surface area (Å²) in [6.07, 6.45) is 9.40. The van der Waals surface area contributed by atoms with Crippen molar-refractivity contribution in [3.8, 4) is 0 Å². The van der Waals surface area contributed by atoms with Gasteiger partial charge in [-0.05, 0) is 45.2 Å². The molecule has 0 unspecified atom stereocenters. The van der Waals surface area contributed by atoms with Gasteiger partial charge in [0, 0.05) is 38.8 Å². The number of nitrogens with zero attached hydrogens (tertiary/aromatic N) is 4. The number of hydrogen-bond acceptors (Lipinski definition) is 10. The largest absolute Gasteiger partial charge is 1.00 e. The van der Waals surface area contributed by atoms with Crippen LogP contribution in [0.1, 0.15) is 85.5 Å². The lowest BCUT2D eigenvalue weighted by Gasteiger charge is -2.38. The van der Waals surface area contributed by atoms with Gasteiger partial charge in [0.2, 0.25) is 11.2 Å².